The van der Waals surface area contributed by atoms with Crippen LogP contribution in [0.15, 0.2) is 86.5 Å². The molecule has 3 aromatic heterocycles. The molecule has 0 saturated carbocycles. The van der Waals surface area contributed by atoms with Crippen molar-refractivity contribution in [2.24, 2.45) is 10.1 Å². The number of thiazole rings is 1. The van der Waals surface area contributed by atoms with Crippen molar-refractivity contribution in [3.63, 3.8) is 0 Å². The van der Waals surface area contributed by atoms with E-state index in [-0.39, 0.29) is 4.90 Å². The van der Waals surface area contributed by atoms with Gasteiger partial charge in [0.1, 0.15) is 0 Å². The summed E-state index contributed by atoms with van der Waals surface area (Å²) in [6.45, 7) is 1.90. The van der Waals surface area contributed by atoms with E-state index >= 15 is 0 Å². The first kappa shape index (κ1) is 22.3. The number of hydrogen-bond acceptors (Lipinski definition) is 7. The molecule has 4 aromatic rings. The van der Waals surface area contributed by atoms with Gasteiger partial charge < -0.3 is 0 Å². The highest BCUT2D eigenvalue weighted by Crippen LogP contribution is 2.26. The summed E-state index contributed by atoms with van der Waals surface area (Å²) in [6.07, 6.45) is 1.73. The number of thiophene rings is 1. The highest BCUT2D eigenvalue weighted by molar-refractivity contribution is 7.89. The summed E-state index contributed by atoms with van der Waals surface area (Å²) in [4.78, 5) is 11.0. The lowest BCUT2D eigenvalue weighted by Gasteiger charge is -2.11. The van der Waals surface area contributed by atoms with E-state index in [1.54, 1.807) is 46.5 Å². The van der Waals surface area contributed by atoms with Gasteiger partial charge in [0.05, 0.1) is 32.6 Å². The number of hydrogen-bond donors (Lipinski definition) is 0. The van der Waals surface area contributed by atoms with Gasteiger partial charge in [0, 0.05) is 25.7 Å². The van der Waals surface area contributed by atoms with E-state index in [1.165, 1.54) is 29.7 Å². The standard InChI is InChI=1S/C22H21N5O2S3/c1-16(19-10-4-5-12-23-19)25-27-20(21-11-7-13-30-21)15-31-22(27)24-17-8-6-9-18(14-17)32(28,29)26(2)3/h4-15H,1-3H3/b24-22?,25-16-. The predicted octanol–water partition coefficient (Wildman–Crippen LogP) is 4.43. The van der Waals surface area contributed by atoms with Crippen molar-refractivity contribution in [1.82, 2.24) is 14.0 Å². The molecule has 7 nitrogen and oxygen atoms in total. The topological polar surface area (TPSA) is 79.9 Å². The smallest absolute Gasteiger partial charge is 0.242 e. The fourth-order valence-corrected chi connectivity index (χ4v) is 5.47. The van der Waals surface area contributed by atoms with E-state index in [4.69, 9.17) is 10.1 Å². The van der Waals surface area contributed by atoms with Crippen LogP contribution in [0, 0.1) is 0 Å². The molecule has 164 valence electrons. The summed E-state index contributed by atoms with van der Waals surface area (Å²) in [7, 11) is -0.534. The lowest BCUT2D eigenvalue weighted by atomic mass is 10.3. The SMILES string of the molecule is C/C(=N/n1c(-c2cccs2)csc1=Nc1cccc(S(=O)(=O)N(C)C)c1)c1ccccn1. The molecule has 0 radical (unpaired) electrons. The van der Waals surface area contributed by atoms with Gasteiger partial charge in [-0.2, -0.15) is 5.10 Å². The van der Waals surface area contributed by atoms with Crippen molar-refractivity contribution >= 4 is 44.1 Å². The summed E-state index contributed by atoms with van der Waals surface area (Å²) in [5.74, 6) is 0. The minimum Gasteiger partial charge on any atom is -0.255 e. The van der Waals surface area contributed by atoms with E-state index < -0.39 is 10.0 Å². The lowest BCUT2D eigenvalue weighted by Crippen LogP contribution is -2.22. The summed E-state index contributed by atoms with van der Waals surface area (Å²) in [6, 6.07) is 16.3. The summed E-state index contributed by atoms with van der Waals surface area (Å²) in [5.41, 5.74) is 2.96. The first-order valence-electron chi connectivity index (χ1n) is 9.65. The van der Waals surface area contributed by atoms with Crippen LogP contribution >= 0.6 is 22.7 Å². The summed E-state index contributed by atoms with van der Waals surface area (Å²) >= 11 is 3.06. The Kier molecular flexibility index (Phi) is 6.47. The van der Waals surface area contributed by atoms with Crippen LogP contribution in [0.2, 0.25) is 0 Å². The van der Waals surface area contributed by atoms with Crippen molar-refractivity contribution in [3.05, 3.63) is 82.0 Å². The van der Waals surface area contributed by atoms with Crippen LogP contribution in [-0.2, 0) is 10.0 Å². The Morgan fingerprint density at radius 2 is 1.91 bits per heavy atom. The minimum absolute atomic E-state index is 0.193. The van der Waals surface area contributed by atoms with Crippen LogP contribution in [0.4, 0.5) is 5.69 Å². The lowest BCUT2D eigenvalue weighted by molar-refractivity contribution is 0.521. The molecule has 0 aliphatic heterocycles. The average molecular weight is 484 g/mol. The fourth-order valence-electron chi connectivity index (χ4n) is 2.88. The van der Waals surface area contributed by atoms with Gasteiger partial charge >= 0.3 is 0 Å². The van der Waals surface area contributed by atoms with Crippen LogP contribution in [0.5, 0.6) is 0 Å². The first-order chi connectivity index (χ1) is 15.4. The molecular weight excluding hydrogens is 462 g/mol. The molecule has 0 atom stereocenters. The van der Waals surface area contributed by atoms with Crippen LogP contribution in [0.25, 0.3) is 10.6 Å². The highest BCUT2D eigenvalue weighted by atomic mass is 32.2. The minimum atomic E-state index is -3.55. The zero-order valence-electron chi connectivity index (χ0n) is 17.7. The largest absolute Gasteiger partial charge is 0.255 e. The molecule has 0 saturated heterocycles. The fraction of sp³-hybridized carbons (Fsp3) is 0.136. The van der Waals surface area contributed by atoms with Gasteiger partial charge in [0.25, 0.3) is 0 Å². The molecule has 0 amide bonds. The molecule has 0 spiro atoms. The number of nitrogens with zero attached hydrogens (tertiary/aromatic N) is 5. The number of benzene rings is 1. The molecule has 0 aliphatic rings. The van der Waals surface area contributed by atoms with Crippen molar-refractivity contribution in [1.29, 1.82) is 0 Å². The maximum Gasteiger partial charge on any atom is 0.242 e. The van der Waals surface area contributed by atoms with Gasteiger partial charge in [-0.15, -0.1) is 22.7 Å². The average Bonchev–Trinajstić information content (AvgIpc) is 3.45. The number of aromatic nitrogens is 2. The first-order valence-corrected chi connectivity index (χ1v) is 12.8. The Morgan fingerprint density at radius 3 is 2.59 bits per heavy atom. The Labute approximate surface area is 194 Å². The third-order valence-electron chi connectivity index (χ3n) is 4.57. The van der Waals surface area contributed by atoms with Gasteiger partial charge in [0.15, 0.2) is 0 Å². The molecule has 4 rings (SSSR count). The molecule has 0 bridgehead atoms. The molecule has 0 aliphatic carbocycles. The van der Waals surface area contributed by atoms with Gasteiger partial charge in [-0.25, -0.2) is 22.4 Å². The van der Waals surface area contributed by atoms with E-state index in [1.807, 2.05) is 48.0 Å². The second kappa shape index (κ2) is 9.29. The van der Waals surface area contributed by atoms with Gasteiger partial charge in [0.2, 0.25) is 14.8 Å². The quantitative estimate of drug-likeness (QED) is 0.381. The molecule has 0 unspecified atom stereocenters. The molecule has 3 heterocycles. The second-order valence-electron chi connectivity index (χ2n) is 6.99. The zero-order chi connectivity index (χ0) is 22.7. The second-order valence-corrected chi connectivity index (χ2v) is 10.9. The van der Waals surface area contributed by atoms with E-state index in [0.717, 1.165) is 22.0 Å². The molecule has 0 fully saturated rings. The maximum absolute atomic E-state index is 12.5. The van der Waals surface area contributed by atoms with Crippen molar-refractivity contribution in [3.8, 4) is 10.6 Å². The van der Waals surface area contributed by atoms with Crippen molar-refractivity contribution < 1.29 is 8.42 Å². The van der Waals surface area contributed by atoms with Crippen molar-refractivity contribution in [2.45, 2.75) is 11.8 Å². The Hall–Kier alpha value is -2.92. The third kappa shape index (κ3) is 4.63. The third-order valence-corrected chi connectivity index (χ3v) is 8.09. The summed E-state index contributed by atoms with van der Waals surface area (Å²) in [5, 5.41) is 8.82. The van der Waals surface area contributed by atoms with Crippen LogP contribution < -0.4 is 4.80 Å². The van der Waals surface area contributed by atoms with E-state index in [0.29, 0.717) is 10.5 Å². The highest BCUT2D eigenvalue weighted by Gasteiger charge is 2.17. The number of sulfonamides is 1. The van der Waals surface area contributed by atoms with Crippen molar-refractivity contribution in [2.75, 3.05) is 14.1 Å². The van der Waals surface area contributed by atoms with E-state index in [9.17, 15) is 8.42 Å². The Morgan fingerprint density at radius 1 is 1.06 bits per heavy atom. The molecule has 1 aromatic carbocycles. The van der Waals surface area contributed by atoms with Crippen LogP contribution in [0.3, 0.4) is 0 Å². The van der Waals surface area contributed by atoms with Gasteiger partial charge in [-0.1, -0.05) is 18.2 Å². The number of pyridine rings is 1. The zero-order valence-corrected chi connectivity index (χ0v) is 20.2. The monoisotopic (exact) mass is 483 g/mol. The maximum atomic E-state index is 12.5. The normalized spacial score (nSPS) is 13.1. The number of rotatable bonds is 6. The van der Waals surface area contributed by atoms with E-state index in [2.05, 4.69) is 4.98 Å². The Bertz CT molecular complexity index is 1420. The van der Waals surface area contributed by atoms with Crippen LogP contribution in [-0.4, -0.2) is 42.2 Å². The summed E-state index contributed by atoms with van der Waals surface area (Å²) < 4.78 is 28.0. The molecule has 32 heavy (non-hydrogen) atoms. The molecular formula is C22H21N5O2S3. The van der Waals surface area contributed by atoms with Crippen LogP contribution in [0.1, 0.15) is 12.6 Å². The van der Waals surface area contributed by atoms with Gasteiger partial charge in [-0.05, 0) is 48.7 Å². The molecule has 10 heteroatoms. The Balaban J connectivity index is 1.87. The predicted molar refractivity (Wildman–Crippen MR) is 130 cm³/mol. The molecule has 0 N–H and O–H groups in total. The van der Waals surface area contributed by atoms with Gasteiger partial charge in [-0.3, -0.25) is 4.98 Å².